The van der Waals surface area contributed by atoms with Crippen molar-refractivity contribution in [3.05, 3.63) is 51.3 Å². The van der Waals surface area contributed by atoms with Crippen LogP contribution in [0.5, 0.6) is 0 Å². The minimum Gasteiger partial charge on any atom is -0.477 e. The quantitative estimate of drug-likeness (QED) is 0.525. The highest BCUT2D eigenvalue weighted by molar-refractivity contribution is 7.99. The number of nitro benzene ring substituents is 1. The van der Waals surface area contributed by atoms with Crippen LogP contribution in [0.3, 0.4) is 0 Å². The second-order valence-electron chi connectivity index (χ2n) is 4.28. The maximum Gasteiger partial charge on any atom is 0.342 e. The Balaban J connectivity index is 2.39. The molecular weight excluding hydrogens is 294 g/mol. The summed E-state index contributed by atoms with van der Waals surface area (Å²) >= 11 is 1.15. The maximum atomic E-state index is 10.9. The SMILES string of the molecule is Cc1cc(C)nc(Sc2ccc(C(=O)O)c([N+](=O)[O-])c2)n1. The first kappa shape index (κ1) is 14.9. The number of carboxylic acids is 1. The summed E-state index contributed by atoms with van der Waals surface area (Å²) in [7, 11) is 0. The van der Waals surface area contributed by atoms with Crippen LogP contribution in [0.2, 0.25) is 0 Å². The highest BCUT2D eigenvalue weighted by Gasteiger charge is 2.20. The fraction of sp³-hybridized carbons (Fsp3) is 0.154. The van der Waals surface area contributed by atoms with E-state index in [4.69, 9.17) is 5.11 Å². The van der Waals surface area contributed by atoms with E-state index in [1.54, 1.807) is 0 Å². The first-order valence-electron chi connectivity index (χ1n) is 5.88. The van der Waals surface area contributed by atoms with Gasteiger partial charge in [0.1, 0.15) is 5.56 Å². The van der Waals surface area contributed by atoms with Crippen LogP contribution in [0.4, 0.5) is 5.69 Å². The number of aryl methyl sites for hydroxylation is 2. The molecule has 0 unspecified atom stereocenters. The number of aromatic carboxylic acids is 1. The molecule has 0 atom stereocenters. The van der Waals surface area contributed by atoms with Gasteiger partial charge in [0.25, 0.3) is 5.69 Å². The standard InChI is InChI=1S/C13H11N3O4S/c1-7-5-8(2)15-13(14-7)21-9-3-4-10(12(17)18)11(6-9)16(19)20/h3-6H,1-2H3,(H,17,18). The van der Waals surface area contributed by atoms with Gasteiger partial charge in [0.2, 0.25) is 0 Å². The number of carboxylic acid groups (broad SMARTS) is 1. The smallest absolute Gasteiger partial charge is 0.342 e. The van der Waals surface area contributed by atoms with Gasteiger partial charge in [0.15, 0.2) is 5.16 Å². The molecular formula is C13H11N3O4S. The topological polar surface area (TPSA) is 106 Å². The van der Waals surface area contributed by atoms with Gasteiger partial charge in [-0.1, -0.05) is 0 Å². The van der Waals surface area contributed by atoms with Crippen LogP contribution < -0.4 is 0 Å². The first-order chi connectivity index (χ1) is 9.86. The van der Waals surface area contributed by atoms with Gasteiger partial charge in [-0.25, -0.2) is 14.8 Å². The molecule has 8 heteroatoms. The number of aromatic nitrogens is 2. The van der Waals surface area contributed by atoms with E-state index in [-0.39, 0.29) is 5.56 Å². The van der Waals surface area contributed by atoms with E-state index in [0.717, 1.165) is 23.1 Å². The number of hydrogen-bond acceptors (Lipinski definition) is 6. The highest BCUT2D eigenvalue weighted by Crippen LogP contribution is 2.30. The molecule has 0 fully saturated rings. The Morgan fingerprint density at radius 3 is 2.38 bits per heavy atom. The van der Waals surface area contributed by atoms with Crippen molar-refractivity contribution >= 4 is 23.4 Å². The molecule has 0 saturated heterocycles. The van der Waals surface area contributed by atoms with Crippen molar-refractivity contribution < 1.29 is 14.8 Å². The van der Waals surface area contributed by atoms with Gasteiger partial charge in [0.05, 0.1) is 4.92 Å². The van der Waals surface area contributed by atoms with Crippen LogP contribution in [0.25, 0.3) is 0 Å². The average Bonchev–Trinajstić information content (AvgIpc) is 2.36. The molecule has 108 valence electrons. The van der Waals surface area contributed by atoms with Crippen molar-refractivity contribution in [2.24, 2.45) is 0 Å². The maximum absolute atomic E-state index is 10.9. The predicted octanol–water partition coefficient (Wildman–Crippen LogP) is 2.85. The summed E-state index contributed by atoms with van der Waals surface area (Å²) in [6, 6.07) is 5.75. The zero-order valence-corrected chi connectivity index (χ0v) is 12.0. The Bertz CT molecular complexity index is 713. The summed E-state index contributed by atoms with van der Waals surface area (Å²) in [6.45, 7) is 3.66. The number of nitrogens with zero attached hydrogens (tertiary/aromatic N) is 3. The van der Waals surface area contributed by atoms with E-state index >= 15 is 0 Å². The van der Waals surface area contributed by atoms with Crippen LogP contribution in [-0.4, -0.2) is 26.0 Å². The molecule has 21 heavy (non-hydrogen) atoms. The molecule has 0 bridgehead atoms. The van der Waals surface area contributed by atoms with Gasteiger partial charge >= 0.3 is 5.97 Å². The molecule has 1 N–H and O–H groups in total. The van der Waals surface area contributed by atoms with Gasteiger partial charge in [-0.05, 0) is 43.8 Å². The first-order valence-corrected chi connectivity index (χ1v) is 6.70. The molecule has 0 amide bonds. The van der Waals surface area contributed by atoms with Crippen LogP contribution >= 0.6 is 11.8 Å². The van der Waals surface area contributed by atoms with Crippen LogP contribution in [0.15, 0.2) is 34.3 Å². The Morgan fingerprint density at radius 1 is 1.24 bits per heavy atom. The normalized spacial score (nSPS) is 10.4. The molecule has 0 aliphatic rings. The lowest BCUT2D eigenvalue weighted by Crippen LogP contribution is -2.02. The summed E-state index contributed by atoms with van der Waals surface area (Å²) < 4.78 is 0. The summed E-state index contributed by atoms with van der Waals surface area (Å²) in [5.74, 6) is -1.33. The molecule has 7 nitrogen and oxygen atoms in total. The van der Waals surface area contributed by atoms with Crippen molar-refractivity contribution in [1.29, 1.82) is 0 Å². The molecule has 2 rings (SSSR count). The highest BCUT2D eigenvalue weighted by atomic mass is 32.2. The third-order valence-corrected chi connectivity index (χ3v) is 3.42. The fourth-order valence-electron chi connectivity index (χ4n) is 1.75. The van der Waals surface area contributed by atoms with E-state index in [2.05, 4.69) is 9.97 Å². The summed E-state index contributed by atoms with van der Waals surface area (Å²) in [5, 5.41) is 20.3. The van der Waals surface area contributed by atoms with Crippen molar-refractivity contribution in [2.45, 2.75) is 23.9 Å². The third-order valence-electron chi connectivity index (χ3n) is 2.57. The molecule has 1 heterocycles. The molecule has 0 radical (unpaired) electrons. The predicted molar refractivity (Wildman–Crippen MR) is 75.7 cm³/mol. The van der Waals surface area contributed by atoms with Gasteiger partial charge < -0.3 is 5.11 Å². The second kappa shape index (κ2) is 5.88. The lowest BCUT2D eigenvalue weighted by Gasteiger charge is -2.04. The van der Waals surface area contributed by atoms with E-state index in [0.29, 0.717) is 10.1 Å². The number of nitro groups is 1. The lowest BCUT2D eigenvalue weighted by atomic mass is 10.2. The summed E-state index contributed by atoms with van der Waals surface area (Å²) in [6.07, 6.45) is 0. The Kier molecular flexibility index (Phi) is 4.18. The Morgan fingerprint density at radius 2 is 1.86 bits per heavy atom. The zero-order chi connectivity index (χ0) is 15.6. The van der Waals surface area contributed by atoms with Gasteiger partial charge in [-0.2, -0.15) is 0 Å². The minimum absolute atomic E-state index is 0.342. The monoisotopic (exact) mass is 305 g/mol. The largest absolute Gasteiger partial charge is 0.477 e. The van der Waals surface area contributed by atoms with Crippen LogP contribution in [-0.2, 0) is 0 Å². The van der Waals surface area contributed by atoms with Crippen molar-refractivity contribution in [1.82, 2.24) is 9.97 Å². The molecule has 2 aromatic rings. The number of carbonyl (C=O) groups is 1. The molecule has 1 aromatic heterocycles. The van der Waals surface area contributed by atoms with Gasteiger partial charge in [-0.15, -0.1) is 0 Å². The summed E-state index contributed by atoms with van der Waals surface area (Å²) in [4.78, 5) is 30.1. The third kappa shape index (κ3) is 3.54. The van der Waals surface area contributed by atoms with Crippen LogP contribution in [0.1, 0.15) is 21.7 Å². The van der Waals surface area contributed by atoms with E-state index < -0.39 is 16.6 Å². The Hall–Kier alpha value is -2.48. The van der Waals surface area contributed by atoms with E-state index in [1.807, 2.05) is 19.9 Å². The molecule has 0 aliphatic carbocycles. The van der Waals surface area contributed by atoms with E-state index in [9.17, 15) is 14.9 Å². The Labute approximate surface area is 124 Å². The summed E-state index contributed by atoms with van der Waals surface area (Å²) in [5.41, 5.74) is 0.797. The average molecular weight is 305 g/mol. The van der Waals surface area contributed by atoms with E-state index in [1.165, 1.54) is 18.2 Å². The number of rotatable bonds is 4. The fourth-order valence-corrected chi connectivity index (χ4v) is 2.65. The van der Waals surface area contributed by atoms with Crippen LogP contribution in [0, 0.1) is 24.0 Å². The number of hydrogen-bond donors (Lipinski definition) is 1. The molecule has 1 aromatic carbocycles. The van der Waals surface area contributed by atoms with Gasteiger partial charge in [-0.3, -0.25) is 10.1 Å². The van der Waals surface area contributed by atoms with Crippen molar-refractivity contribution in [2.75, 3.05) is 0 Å². The van der Waals surface area contributed by atoms with Crippen molar-refractivity contribution in [3.8, 4) is 0 Å². The number of benzene rings is 1. The van der Waals surface area contributed by atoms with Gasteiger partial charge in [0, 0.05) is 22.3 Å². The molecule has 0 aliphatic heterocycles. The minimum atomic E-state index is -1.33. The van der Waals surface area contributed by atoms with Crippen molar-refractivity contribution in [3.63, 3.8) is 0 Å². The second-order valence-corrected chi connectivity index (χ2v) is 5.32. The molecule has 0 saturated carbocycles. The lowest BCUT2D eigenvalue weighted by molar-refractivity contribution is -0.385. The molecule has 0 spiro atoms. The zero-order valence-electron chi connectivity index (χ0n) is 11.2.